The van der Waals surface area contributed by atoms with E-state index in [0.29, 0.717) is 12.2 Å². The largest absolute Gasteiger partial charge is 0.497 e. The number of H-pyrrole nitrogens is 1. The van der Waals surface area contributed by atoms with E-state index < -0.39 is 0 Å². The van der Waals surface area contributed by atoms with Crippen LogP contribution in [0.4, 0.5) is 11.4 Å². The summed E-state index contributed by atoms with van der Waals surface area (Å²) in [5.74, 6) is 0.950. The van der Waals surface area contributed by atoms with Gasteiger partial charge in [0.25, 0.3) is 5.56 Å². The first-order valence-electron chi connectivity index (χ1n) is 8.37. The zero-order valence-electron chi connectivity index (χ0n) is 14.2. The Bertz CT molecular complexity index is 790. The van der Waals surface area contributed by atoms with Gasteiger partial charge in [-0.05, 0) is 30.9 Å². The lowest BCUT2D eigenvalue weighted by Crippen LogP contribution is -2.37. The lowest BCUT2D eigenvalue weighted by molar-refractivity contribution is -0.117. The lowest BCUT2D eigenvalue weighted by atomic mass is 9.94. The van der Waals surface area contributed by atoms with Gasteiger partial charge in [-0.1, -0.05) is 6.07 Å². The first kappa shape index (κ1) is 17.0. The van der Waals surface area contributed by atoms with Gasteiger partial charge in [0.1, 0.15) is 5.75 Å². The van der Waals surface area contributed by atoms with Crippen LogP contribution in [0.1, 0.15) is 19.3 Å². The van der Waals surface area contributed by atoms with E-state index in [4.69, 9.17) is 4.74 Å². The number of nitrogens with zero attached hydrogens (tertiary/aromatic N) is 2. The second-order valence-electron chi connectivity index (χ2n) is 6.24. The molecule has 1 saturated heterocycles. The molecule has 1 aromatic heterocycles. The molecular weight excluding hydrogens is 320 g/mol. The van der Waals surface area contributed by atoms with Gasteiger partial charge in [0.05, 0.1) is 19.0 Å². The normalized spacial score (nSPS) is 17.2. The molecule has 1 aliphatic rings. The van der Waals surface area contributed by atoms with Crippen LogP contribution in [0.25, 0.3) is 0 Å². The smallest absolute Gasteiger partial charge is 0.266 e. The Morgan fingerprint density at radius 1 is 1.44 bits per heavy atom. The van der Waals surface area contributed by atoms with Gasteiger partial charge in [-0.2, -0.15) is 5.10 Å². The number of benzene rings is 1. The molecule has 2 N–H and O–H groups in total. The molecule has 2 heterocycles. The summed E-state index contributed by atoms with van der Waals surface area (Å²) in [6, 6.07) is 8.87. The third kappa shape index (κ3) is 4.59. The Labute approximate surface area is 146 Å². The topological polar surface area (TPSA) is 87.3 Å². The molecule has 1 fully saturated rings. The molecule has 25 heavy (non-hydrogen) atoms. The molecule has 1 atom stereocenters. The molecule has 0 bridgehead atoms. The number of carbonyl (C=O) groups excluding carboxylic acids is 1. The van der Waals surface area contributed by atoms with Crippen LogP contribution in [-0.4, -0.2) is 36.3 Å². The maximum Gasteiger partial charge on any atom is 0.266 e. The Morgan fingerprint density at radius 2 is 2.32 bits per heavy atom. The van der Waals surface area contributed by atoms with Crippen LogP contribution in [0.2, 0.25) is 0 Å². The van der Waals surface area contributed by atoms with Gasteiger partial charge in [0, 0.05) is 37.3 Å². The third-order valence-corrected chi connectivity index (χ3v) is 4.36. The minimum absolute atomic E-state index is 0.0101. The van der Waals surface area contributed by atoms with Crippen LogP contribution in [0.5, 0.6) is 5.75 Å². The van der Waals surface area contributed by atoms with E-state index in [-0.39, 0.29) is 17.4 Å². The molecule has 0 saturated carbocycles. The van der Waals surface area contributed by atoms with Gasteiger partial charge in [-0.15, -0.1) is 0 Å². The number of hydrogen-bond donors (Lipinski definition) is 2. The predicted octanol–water partition coefficient (Wildman–Crippen LogP) is 2.02. The fourth-order valence-corrected chi connectivity index (χ4v) is 3.18. The molecule has 132 valence electrons. The van der Waals surface area contributed by atoms with Crippen molar-refractivity contribution in [2.24, 2.45) is 5.92 Å². The monoisotopic (exact) mass is 342 g/mol. The Balaban J connectivity index is 1.58. The maximum atomic E-state index is 12.3. The predicted molar refractivity (Wildman–Crippen MR) is 96.0 cm³/mol. The molecule has 1 amide bonds. The zero-order valence-corrected chi connectivity index (χ0v) is 14.2. The molecule has 0 aliphatic carbocycles. The summed E-state index contributed by atoms with van der Waals surface area (Å²) in [5, 5.41) is 9.15. The number of piperidine rings is 1. The van der Waals surface area contributed by atoms with Crippen LogP contribution < -0.4 is 20.5 Å². The van der Waals surface area contributed by atoms with Gasteiger partial charge < -0.3 is 15.0 Å². The molecule has 7 nitrogen and oxygen atoms in total. The van der Waals surface area contributed by atoms with E-state index in [0.717, 1.165) is 37.3 Å². The summed E-state index contributed by atoms with van der Waals surface area (Å²) in [7, 11) is 1.60. The zero-order chi connectivity index (χ0) is 17.6. The standard InChI is InChI=1S/C18H22N4O3/c1-25-16-6-2-5-14(9-16)20-17(23)8-13-4-3-7-22(12-13)15-10-18(24)21-19-11-15/h2,5-6,9-11,13H,3-4,7-8,12H2,1H3,(H,20,23)(H,21,24). The van der Waals surface area contributed by atoms with E-state index in [2.05, 4.69) is 20.4 Å². The van der Waals surface area contributed by atoms with Crippen molar-refractivity contribution in [3.8, 4) is 5.75 Å². The van der Waals surface area contributed by atoms with Crippen LogP contribution in [-0.2, 0) is 4.79 Å². The van der Waals surface area contributed by atoms with Crippen molar-refractivity contribution in [2.75, 3.05) is 30.4 Å². The van der Waals surface area contributed by atoms with Crippen LogP contribution in [0, 0.1) is 5.92 Å². The van der Waals surface area contributed by atoms with Crippen molar-refractivity contribution in [3.05, 3.63) is 46.9 Å². The van der Waals surface area contributed by atoms with Gasteiger partial charge in [0.2, 0.25) is 5.91 Å². The van der Waals surface area contributed by atoms with Gasteiger partial charge >= 0.3 is 0 Å². The first-order chi connectivity index (χ1) is 12.1. The van der Waals surface area contributed by atoms with E-state index in [1.54, 1.807) is 25.4 Å². The van der Waals surface area contributed by atoms with Gasteiger partial charge in [-0.25, -0.2) is 5.10 Å². The number of amides is 1. The number of aromatic amines is 1. The second kappa shape index (κ2) is 7.83. The molecule has 1 aliphatic heterocycles. The van der Waals surface area contributed by atoms with Crippen molar-refractivity contribution in [3.63, 3.8) is 0 Å². The number of carbonyl (C=O) groups is 1. The molecule has 1 aromatic carbocycles. The molecule has 2 aromatic rings. The Hall–Kier alpha value is -2.83. The fourth-order valence-electron chi connectivity index (χ4n) is 3.18. The van der Waals surface area contributed by atoms with Crippen molar-refractivity contribution < 1.29 is 9.53 Å². The van der Waals surface area contributed by atoms with E-state index in [9.17, 15) is 9.59 Å². The molecule has 7 heteroatoms. The summed E-state index contributed by atoms with van der Waals surface area (Å²) < 4.78 is 5.17. The highest BCUT2D eigenvalue weighted by Crippen LogP contribution is 2.24. The number of hydrogen-bond acceptors (Lipinski definition) is 5. The van der Waals surface area contributed by atoms with Crippen LogP contribution >= 0.6 is 0 Å². The second-order valence-corrected chi connectivity index (χ2v) is 6.24. The summed E-state index contributed by atoms with van der Waals surface area (Å²) in [4.78, 5) is 25.9. The SMILES string of the molecule is COc1cccc(NC(=O)CC2CCCN(c3cn[nH]c(=O)c3)C2)c1. The number of anilines is 2. The van der Waals surface area contributed by atoms with Crippen molar-refractivity contribution in [1.82, 2.24) is 10.2 Å². The Morgan fingerprint density at radius 3 is 3.12 bits per heavy atom. The van der Waals surface area contributed by atoms with Crippen LogP contribution in [0.3, 0.4) is 0 Å². The van der Waals surface area contributed by atoms with E-state index in [1.165, 1.54) is 0 Å². The van der Waals surface area contributed by atoms with Gasteiger partial charge in [0.15, 0.2) is 0 Å². The minimum atomic E-state index is -0.213. The highest BCUT2D eigenvalue weighted by Gasteiger charge is 2.23. The molecular formula is C18H22N4O3. The third-order valence-electron chi connectivity index (χ3n) is 4.36. The number of aromatic nitrogens is 2. The molecule has 1 unspecified atom stereocenters. The first-order valence-corrected chi connectivity index (χ1v) is 8.37. The number of methoxy groups -OCH3 is 1. The average molecular weight is 342 g/mol. The maximum absolute atomic E-state index is 12.3. The van der Waals surface area contributed by atoms with Crippen molar-refractivity contribution >= 4 is 17.3 Å². The molecule has 0 radical (unpaired) electrons. The number of rotatable bonds is 5. The van der Waals surface area contributed by atoms with Crippen LogP contribution in [0.15, 0.2) is 41.3 Å². The summed E-state index contributed by atoms with van der Waals surface area (Å²) in [6.07, 6.45) is 4.09. The average Bonchev–Trinajstić information content (AvgIpc) is 2.62. The summed E-state index contributed by atoms with van der Waals surface area (Å²) in [6.45, 7) is 1.62. The summed E-state index contributed by atoms with van der Waals surface area (Å²) in [5.41, 5.74) is 1.33. The van der Waals surface area contributed by atoms with Crippen molar-refractivity contribution in [2.45, 2.75) is 19.3 Å². The molecule has 3 rings (SSSR count). The Kier molecular flexibility index (Phi) is 5.33. The quantitative estimate of drug-likeness (QED) is 0.868. The fraction of sp³-hybridized carbons (Fsp3) is 0.389. The summed E-state index contributed by atoms with van der Waals surface area (Å²) >= 11 is 0. The minimum Gasteiger partial charge on any atom is -0.497 e. The number of ether oxygens (including phenoxy) is 1. The lowest BCUT2D eigenvalue weighted by Gasteiger charge is -2.33. The van der Waals surface area contributed by atoms with Crippen molar-refractivity contribution in [1.29, 1.82) is 0 Å². The number of nitrogens with one attached hydrogen (secondary N) is 2. The van der Waals surface area contributed by atoms with E-state index in [1.807, 2.05) is 18.2 Å². The molecule has 0 spiro atoms. The highest BCUT2D eigenvalue weighted by molar-refractivity contribution is 5.91. The highest BCUT2D eigenvalue weighted by atomic mass is 16.5. The van der Waals surface area contributed by atoms with E-state index >= 15 is 0 Å². The van der Waals surface area contributed by atoms with Gasteiger partial charge in [-0.3, -0.25) is 9.59 Å².